The summed E-state index contributed by atoms with van der Waals surface area (Å²) < 4.78 is 0. The first-order chi connectivity index (χ1) is 9.34. The van der Waals surface area contributed by atoms with Crippen LogP contribution in [-0.4, -0.2) is 29.1 Å². The molecule has 0 spiro atoms. The van der Waals surface area contributed by atoms with Crippen LogP contribution in [0.25, 0.3) is 0 Å². The lowest BCUT2D eigenvalue weighted by molar-refractivity contribution is 0.104. The van der Waals surface area contributed by atoms with Crippen molar-refractivity contribution in [2.24, 2.45) is 0 Å². The highest BCUT2D eigenvalue weighted by atomic mass is 16.2. The van der Waals surface area contributed by atoms with Crippen LogP contribution < -0.4 is 5.32 Å². The van der Waals surface area contributed by atoms with Crippen molar-refractivity contribution in [2.45, 2.75) is 95.2 Å². The number of carbonyl (C=O) groups is 1. The number of carbonyl (C=O) groups excluding carboxylic acids is 1. The molecule has 0 unspecified atom stereocenters. The third-order valence-corrected chi connectivity index (χ3v) is 5.08. The van der Waals surface area contributed by atoms with E-state index in [9.17, 15) is 4.79 Å². The fourth-order valence-electron chi connectivity index (χ4n) is 3.83. The quantitative estimate of drug-likeness (QED) is 0.825. The number of amides is 2. The maximum atomic E-state index is 12.6. The molecule has 3 fully saturated rings. The van der Waals surface area contributed by atoms with E-state index in [0.29, 0.717) is 18.1 Å². The fourth-order valence-corrected chi connectivity index (χ4v) is 3.83. The Hall–Kier alpha value is -0.730. The summed E-state index contributed by atoms with van der Waals surface area (Å²) in [5, 5.41) is 3.24. The number of nitrogens with zero attached hydrogens (tertiary/aromatic N) is 1. The lowest BCUT2D eigenvalue weighted by atomic mass is 9.89. The third-order valence-electron chi connectivity index (χ3n) is 5.08. The van der Waals surface area contributed by atoms with E-state index in [1.165, 1.54) is 77.0 Å². The first-order valence-electron chi connectivity index (χ1n) is 8.43. The molecule has 3 rings (SSSR count). The average Bonchev–Trinajstić information content (AvgIpc) is 3.25. The van der Waals surface area contributed by atoms with Gasteiger partial charge in [0, 0.05) is 18.1 Å². The normalized spacial score (nSPS) is 26.1. The van der Waals surface area contributed by atoms with Crippen molar-refractivity contribution >= 4 is 6.03 Å². The van der Waals surface area contributed by atoms with Crippen LogP contribution in [0.1, 0.15) is 77.0 Å². The Labute approximate surface area is 117 Å². The number of hydrogen-bond acceptors (Lipinski definition) is 1. The zero-order valence-electron chi connectivity index (χ0n) is 12.1. The van der Waals surface area contributed by atoms with Gasteiger partial charge in [0.1, 0.15) is 0 Å². The number of hydrogen-bond donors (Lipinski definition) is 1. The molecule has 108 valence electrons. The van der Waals surface area contributed by atoms with Crippen LogP contribution in [0.2, 0.25) is 0 Å². The number of rotatable bonds is 3. The van der Waals surface area contributed by atoms with E-state index in [1.54, 1.807) is 0 Å². The average molecular weight is 264 g/mol. The van der Waals surface area contributed by atoms with E-state index in [2.05, 4.69) is 10.2 Å². The van der Waals surface area contributed by atoms with Crippen LogP contribution in [0.5, 0.6) is 0 Å². The minimum Gasteiger partial charge on any atom is -0.335 e. The van der Waals surface area contributed by atoms with Gasteiger partial charge in [-0.3, -0.25) is 0 Å². The Morgan fingerprint density at radius 3 is 1.63 bits per heavy atom. The van der Waals surface area contributed by atoms with Crippen molar-refractivity contribution < 1.29 is 4.79 Å². The van der Waals surface area contributed by atoms with Gasteiger partial charge in [0.25, 0.3) is 0 Å². The summed E-state index contributed by atoms with van der Waals surface area (Å²) in [5.41, 5.74) is 0. The molecule has 2 amide bonds. The summed E-state index contributed by atoms with van der Waals surface area (Å²) in [4.78, 5) is 14.9. The highest BCUT2D eigenvalue weighted by Gasteiger charge is 2.34. The summed E-state index contributed by atoms with van der Waals surface area (Å²) in [5.74, 6) is 0. The van der Waals surface area contributed by atoms with Crippen molar-refractivity contribution in [3.05, 3.63) is 0 Å². The molecule has 0 radical (unpaired) electrons. The van der Waals surface area contributed by atoms with Gasteiger partial charge in [-0.2, -0.15) is 0 Å². The second-order valence-corrected chi connectivity index (χ2v) is 6.71. The molecular weight excluding hydrogens is 236 g/mol. The predicted molar refractivity (Wildman–Crippen MR) is 77.1 cm³/mol. The number of urea groups is 1. The minimum atomic E-state index is 0.251. The third kappa shape index (κ3) is 3.43. The van der Waals surface area contributed by atoms with Crippen molar-refractivity contribution in [2.75, 3.05) is 0 Å². The molecule has 3 nitrogen and oxygen atoms in total. The van der Waals surface area contributed by atoms with Crippen LogP contribution in [0.3, 0.4) is 0 Å². The maximum Gasteiger partial charge on any atom is 0.318 e. The van der Waals surface area contributed by atoms with Gasteiger partial charge in [0.15, 0.2) is 0 Å². The molecule has 3 heteroatoms. The zero-order valence-corrected chi connectivity index (χ0v) is 12.1. The van der Waals surface area contributed by atoms with E-state index in [-0.39, 0.29) is 6.03 Å². The van der Waals surface area contributed by atoms with Crippen LogP contribution in [0.15, 0.2) is 0 Å². The molecule has 3 aliphatic rings. The monoisotopic (exact) mass is 264 g/mol. The summed E-state index contributed by atoms with van der Waals surface area (Å²) in [6.07, 6.45) is 15.3. The van der Waals surface area contributed by atoms with Gasteiger partial charge in [-0.25, -0.2) is 4.79 Å². The molecule has 0 atom stereocenters. The number of nitrogens with one attached hydrogen (secondary N) is 1. The van der Waals surface area contributed by atoms with Crippen LogP contribution in [-0.2, 0) is 0 Å². The molecule has 19 heavy (non-hydrogen) atoms. The molecule has 3 aliphatic carbocycles. The molecule has 1 N–H and O–H groups in total. The summed E-state index contributed by atoms with van der Waals surface area (Å²) in [6, 6.07) is 1.79. The van der Waals surface area contributed by atoms with Crippen molar-refractivity contribution in [1.29, 1.82) is 0 Å². The molecule has 0 aromatic heterocycles. The second kappa shape index (κ2) is 6.15. The van der Waals surface area contributed by atoms with Crippen LogP contribution in [0.4, 0.5) is 4.79 Å². The van der Waals surface area contributed by atoms with Crippen molar-refractivity contribution in [1.82, 2.24) is 10.2 Å². The van der Waals surface area contributed by atoms with Gasteiger partial charge in [-0.05, 0) is 38.5 Å². The Kier molecular flexibility index (Phi) is 4.29. The first kappa shape index (κ1) is 13.3. The lowest BCUT2D eigenvalue weighted by Gasteiger charge is -2.41. The minimum absolute atomic E-state index is 0.251. The molecular formula is C16H28N2O. The van der Waals surface area contributed by atoms with Gasteiger partial charge in [-0.1, -0.05) is 38.5 Å². The predicted octanol–water partition coefficient (Wildman–Crippen LogP) is 3.83. The van der Waals surface area contributed by atoms with Crippen molar-refractivity contribution in [3.8, 4) is 0 Å². The van der Waals surface area contributed by atoms with E-state index in [4.69, 9.17) is 0 Å². The lowest BCUT2D eigenvalue weighted by Crippen LogP contribution is -2.53. The highest BCUT2D eigenvalue weighted by Crippen LogP contribution is 2.31. The highest BCUT2D eigenvalue weighted by molar-refractivity contribution is 5.75. The summed E-state index contributed by atoms with van der Waals surface area (Å²) in [7, 11) is 0. The van der Waals surface area contributed by atoms with Gasteiger partial charge < -0.3 is 10.2 Å². The Balaban J connectivity index is 1.66. The molecule has 0 aromatic rings. The van der Waals surface area contributed by atoms with E-state index < -0.39 is 0 Å². The van der Waals surface area contributed by atoms with Crippen LogP contribution in [0, 0.1) is 0 Å². The maximum absolute atomic E-state index is 12.6. The zero-order chi connectivity index (χ0) is 13.1. The topological polar surface area (TPSA) is 32.3 Å². The summed E-state index contributed by atoms with van der Waals surface area (Å²) in [6.45, 7) is 0. The smallest absolute Gasteiger partial charge is 0.318 e. The molecule has 0 bridgehead atoms. The second-order valence-electron chi connectivity index (χ2n) is 6.71. The van der Waals surface area contributed by atoms with Gasteiger partial charge >= 0.3 is 6.03 Å². The molecule has 0 aromatic carbocycles. The van der Waals surface area contributed by atoms with Gasteiger partial charge in [0.2, 0.25) is 0 Å². The standard InChI is InChI=1S/C16H28N2O/c19-16(17-13-11-12-13)18(14-7-3-1-4-8-14)15-9-5-2-6-10-15/h13-15H,1-12H2,(H,17,19). The van der Waals surface area contributed by atoms with Gasteiger partial charge in [-0.15, -0.1) is 0 Å². The first-order valence-corrected chi connectivity index (χ1v) is 8.43. The van der Waals surface area contributed by atoms with E-state index >= 15 is 0 Å². The van der Waals surface area contributed by atoms with Crippen molar-refractivity contribution in [3.63, 3.8) is 0 Å². The molecule has 0 aliphatic heterocycles. The van der Waals surface area contributed by atoms with Gasteiger partial charge in [0.05, 0.1) is 0 Å². The summed E-state index contributed by atoms with van der Waals surface area (Å²) >= 11 is 0. The Morgan fingerprint density at radius 1 is 0.737 bits per heavy atom. The molecule has 0 heterocycles. The van der Waals surface area contributed by atoms with Crippen LogP contribution >= 0.6 is 0 Å². The Morgan fingerprint density at radius 2 is 1.21 bits per heavy atom. The molecule has 0 saturated heterocycles. The largest absolute Gasteiger partial charge is 0.335 e. The molecule has 3 saturated carbocycles. The van der Waals surface area contributed by atoms with E-state index in [0.717, 1.165) is 0 Å². The Bertz CT molecular complexity index is 284. The van der Waals surface area contributed by atoms with E-state index in [1.807, 2.05) is 0 Å². The fraction of sp³-hybridized carbons (Fsp3) is 0.938. The SMILES string of the molecule is O=C(NC1CC1)N(C1CCCCC1)C1CCCCC1.